The minimum atomic E-state index is -0.196. The van der Waals surface area contributed by atoms with E-state index in [0.717, 1.165) is 8.95 Å². The van der Waals surface area contributed by atoms with Gasteiger partial charge in [0.15, 0.2) is 5.78 Å². The predicted octanol–water partition coefficient (Wildman–Crippen LogP) is 4.33. The number of carbonyl (C=O) groups excluding carboxylic acids is 1. The van der Waals surface area contributed by atoms with Crippen LogP contribution in [0.5, 0.6) is 0 Å². The monoisotopic (exact) mass is 343 g/mol. The standard InChI is InChI=1S/C12H11Br2NO/c1-2-8(5-6-15)12(16)9-3-4-10(13)11(14)7-9/h3-4,7-8H,2,5H2,1H3. The lowest BCUT2D eigenvalue weighted by Gasteiger charge is -2.10. The summed E-state index contributed by atoms with van der Waals surface area (Å²) < 4.78 is 1.77. The second-order valence-corrected chi connectivity index (χ2v) is 5.17. The van der Waals surface area contributed by atoms with Crippen molar-refractivity contribution in [3.63, 3.8) is 0 Å². The van der Waals surface area contributed by atoms with Gasteiger partial charge in [0.05, 0.1) is 6.07 Å². The van der Waals surface area contributed by atoms with Gasteiger partial charge < -0.3 is 0 Å². The molecule has 0 bridgehead atoms. The summed E-state index contributed by atoms with van der Waals surface area (Å²) in [6.07, 6.45) is 0.975. The number of rotatable bonds is 4. The quantitative estimate of drug-likeness (QED) is 0.762. The van der Waals surface area contributed by atoms with E-state index in [1.807, 2.05) is 13.0 Å². The summed E-state index contributed by atoms with van der Waals surface area (Å²) in [5.74, 6) is -0.157. The van der Waals surface area contributed by atoms with Crippen LogP contribution >= 0.6 is 31.9 Å². The fourth-order valence-electron chi connectivity index (χ4n) is 1.42. The molecule has 1 unspecified atom stereocenters. The molecule has 0 fully saturated rings. The summed E-state index contributed by atoms with van der Waals surface area (Å²) >= 11 is 6.71. The Morgan fingerprint density at radius 1 is 1.44 bits per heavy atom. The molecule has 1 rings (SSSR count). The van der Waals surface area contributed by atoms with Gasteiger partial charge in [-0.25, -0.2) is 0 Å². The molecule has 0 heterocycles. The molecule has 2 nitrogen and oxygen atoms in total. The van der Waals surface area contributed by atoms with E-state index in [1.165, 1.54) is 0 Å². The van der Waals surface area contributed by atoms with Gasteiger partial charge in [-0.1, -0.05) is 13.0 Å². The Labute approximate surface area is 112 Å². The van der Waals surface area contributed by atoms with Crippen LogP contribution in [0.15, 0.2) is 27.1 Å². The van der Waals surface area contributed by atoms with E-state index in [9.17, 15) is 4.79 Å². The van der Waals surface area contributed by atoms with Crippen LogP contribution in [0.2, 0.25) is 0 Å². The van der Waals surface area contributed by atoms with E-state index in [1.54, 1.807) is 12.1 Å². The van der Waals surface area contributed by atoms with Gasteiger partial charge in [0.2, 0.25) is 0 Å². The van der Waals surface area contributed by atoms with Crippen LogP contribution in [0.25, 0.3) is 0 Å². The summed E-state index contributed by atoms with van der Waals surface area (Å²) in [4.78, 5) is 12.0. The van der Waals surface area contributed by atoms with Crippen molar-refractivity contribution in [2.75, 3.05) is 0 Å². The molecule has 0 aliphatic heterocycles. The Morgan fingerprint density at radius 2 is 2.12 bits per heavy atom. The summed E-state index contributed by atoms with van der Waals surface area (Å²) in [7, 11) is 0. The summed E-state index contributed by atoms with van der Waals surface area (Å²) in [5, 5.41) is 8.64. The van der Waals surface area contributed by atoms with Crippen LogP contribution in [0.4, 0.5) is 0 Å². The van der Waals surface area contributed by atoms with Crippen molar-refractivity contribution in [1.82, 2.24) is 0 Å². The number of benzene rings is 1. The average molecular weight is 345 g/mol. The van der Waals surface area contributed by atoms with E-state index < -0.39 is 0 Å². The van der Waals surface area contributed by atoms with Crippen molar-refractivity contribution >= 4 is 37.6 Å². The Bertz CT molecular complexity index is 437. The van der Waals surface area contributed by atoms with E-state index in [-0.39, 0.29) is 18.1 Å². The zero-order valence-electron chi connectivity index (χ0n) is 8.84. The van der Waals surface area contributed by atoms with Crippen LogP contribution < -0.4 is 0 Å². The van der Waals surface area contributed by atoms with E-state index in [2.05, 4.69) is 37.9 Å². The van der Waals surface area contributed by atoms with Gasteiger partial charge in [-0.2, -0.15) is 5.26 Å². The Hall–Kier alpha value is -0.660. The highest BCUT2D eigenvalue weighted by Gasteiger charge is 2.18. The zero-order chi connectivity index (χ0) is 12.1. The summed E-state index contributed by atoms with van der Waals surface area (Å²) in [5.41, 5.74) is 0.650. The van der Waals surface area contributed by atoms with Gasteiger partial charge >= 0.3 is 0 Å². The molecule has 1 aromatic rings. The zero-order valence-corrected chi connectivity index (χ0v) is 12.0. The third-order valence-electron chi connectivity index (χ3n) is 2.41. The van der Waals surface area contributed by atoms with Gasteiger partial charge in [0.25, 0.3) is 0 Å². The first-order chi connectivity index (χ1) is 7.60. The maximum atomic E-state index is 12.0. The lowest BCUT2D eigenvalue weighted by molar-refractivity contribution is 0.0918. The molecule has 0 aromatic heterocycles. The van der Waals surface area contributed by atoms with E-state index in [0.29, 0.717) is 12.0 Å². The number of nitrogens with zero attached hydrogens (tertiary/aromatic N) is 1. The molecule has 4 heteroatoms. The van der Waals surface area contributed by atoms with Crippen molar-refractivity contribution in [1.29, 1.82) is 5.26 Å². The molecule has 0 saturated heterocycles. The molecule has 0 spiro atoms. The lowest BCUT2D eigenvalue weighted by atomic mass is 9.93. The minimum Gasteiger partial charge on any atom is -0.294 e. The number of hydrogen-bond acceptors (Lipinski definition) is 2. The average Bonchev–Trinajstić information content (AvgIpc) is 2.28. The van der Waals surface area contributed by atoms with Crippen molar-refractivity contribution in [2.45, 2.75) is 19.8 Å². The van der Waals surface area contributed by atoms with Crippen molar-refractivity contribution in [3.8, 4) is 6.07 Å². The van der Waals surface area contributed by atoms with Gasteiger partial charge in [0, 0.05) is 26.8 Å². The first kappa shape index (κ1) is 13.4. The molecule has 0 aliphatic rings. The molecular formula is C12H11Br2NO. The van der Waals surface area contributed by atoms with Crippen molar-refractivity contribution in [2.24, 2.45) is 5.92 Å². The van der Waals surface area contributed by atoms with Gasteiger partial charge in [0.1, 0.15) is 0 Å². The number of hydrogen-bond donors (Lipinski definition) is 0. The predicted molar refractivity (Wildman–Crippen MR) is 70.2 cm³/mol. The first-order valence-corrected chi connectivity index (χ1v) is 6.55. The number of nitriles is 1. The molecule has 0 N–H and O–H groups in total. The molecule has 1 aromatic carbocycles. The van der Waals surface area contributed by atoms with Gasteiger partial charge in [-0.3, -0.25) is 4.79 Å². The second-order valence-electron chi connectivity index (χ2n) is 3.46. The molecule has 1 atom stereocenters. The molecule has 16 heavy (non-hydrogen) atoms. The van der Waals surface area contributed by atoms with Crippen molar-refractivity contribution < 1.29 is 4.79 Å². The number of Topliss-reactive ketones (excluding diaryl/α,β-unsaturated/α-hetero) is 1. The maximum absolute atomic E-state index is 12.0. The Balaban J connectivity index is 2.95. The SMILES string of the molecule is CCC(CC#N)C(=O)c1ccc(Br)c(Br)c1. The highest BCUT2D eigenvalue weighted by Crippen LogP contribution is 2.26. The Morgan fingerprint density at radius 3 is 2.62 bits per heavy atom. The third kappa shape index (κ3) is 3.16. The smallest absolute Gasteiger partial charge is 0.166 e. The van der Waals surface area contributed by atoms with Crippen LogP contribution in [0.3, 0.4) is 0 Å². The fourth-order valence-corrected chi connectivity index (χ4v) is 2.04. The van der Waals surface area contributed by atoms with Crippen LogP contribution in [0.1, 0.15) is 30.1 Å². The molecule has 0 amide bonds. The highest BCUT2D eigenvalue weighted by atomic mass is 79.9. The lowest BCUT2D eigenvalue weighted by Crippen LogP contribution is -2.13. The van der Waals surface area contributed by atoms with Gasteiger partial charge in [-0.05, 0) is 50.4 Å². The molecule has 0 saturated carbocycles. The van der Waals surface area contributed by atoms with Gasteiger partial charge in [-0.15, -0.1) is 0 Å². The molecule has 84 valence electrons. The van der Waals surface area contributed by atoms with Crippen molar-refractivity contribution in [3.05, 3.63) is 32.7 Å². The number of carbonyl (C=O) groups is 1. The van der Waals surface area contributed by atoms with E-state index in [4.69, 9.17) is 5.26 Å². The minimum absolute atomic E-state index is 0.0391. The molecule has 0 radical (unpaired) electrons. The Kier molecular flexibility index (Phi) is 5.17. The summed E-state index contributed by atoms with van der Waals surface area (Å²) in [6, 6.07) is 7.44. The maximum Gasteiger partial charge on any atom is 0.166 e. The topological polar surface area (TPSA) is 40.9 Å². The fraction of sp³-hybridized carbons (Fsp3) is 0.333. The van der Waals surface area contributed by atoms with Crippen LogP contribution in [-0.4, -0.2) is 5.78 Å². The number of ketones is 1. The first-order valence-electron chi connectivity index (χ1n) is 4.96. The summed E-state index contributed by atoms with van der Waals surface area (Å²) in [6.45, 7) is 1.92. The van der Waals surface area contributed by atoms with Crippen LogP contribution in [0, 0.1) is 17.2 Å². The largest absolute Gasteiger partial charge is 0.294 e. The van der Waals surface area contributed by atoms with E-state index >= 15 is 0 Å². The normalized spacial score (nSPS) is 11.9. The van der Waals surface area contributed by atoms with Crippen LogP contribution in [-0.2, 0) is 0 Å². The second kappa shape index (κ2) is 6.17. The molecule has 0 aliphatic carbocycles. The highest BCUT2D eigenvalue weighted by molar-refractivity contribution is 9.13. The number of halogens is 2. The molecular weight excluding hydrogens is 334 g/mol. The third-order valence-corrected chi connectivity index (χ3v) is 4.29.